The van der Waals surface area contributed by atoms with Crippen molar-refractivity contribution in [3.8, 4) is 11.4 Å². The van der Waals surface area contributed by atoms with E-state index in [1.54, 1.807) is 0 Å². The van der Waals surface area contributed by atoms with Gasteiger partial charge in [0.15, 0.2) is 0 Å². The monoisotopic (exact) mass is 381 g/mol. The molecule has 28 heavy (non-hydrogen) atoms. The van der Waals surface area contributed by atoms with E-state index in [1.807, 2.05) is 36.1 Å². The third-order valence-electron chi connectivity index (χ3n) is 4.97. The second-order valence-electron chi connectivity index (χ2n) is 6.86. The molecule has 9 nitrogen and oxygen atoms in total. The highest BCUT2D eigenvalue weighted by Crippen LogP contribution is 2.20. The van der Waals surface area contributed by atoms with Gasteiger partial charge in [0.2, 0.25) is 23.6 Å². The van der Waals surface area contributed by atoms with Crippen LogP contribution in [0.15, 0.2) is 35.1 Å². The molecular formula is C19H23N7O2. The first-order valence-corrected chi connectivity index (χ1v) is 9.47. The summed E-state index contributed by atoms with van der Waals surface area (Å²) in [4.78, 5) is 25.1. The minimum absolute atomic E-state index is 0.163. The van der Waals surface area contributed by atoms with Gasteiger partial charge in [0.1, 0.15) is 6.33 Å². The van der Waals surface area contributed by atoms with E-state index in [1.165, 1.54) is 6.33 Å². The van der Waals surface area contributed by atoms with Crippen LogP contribution in [0, 0.1) is 6.92 Å². The molecule has 1 aliphatic rings. The molecule has 0 bridgehead atoms. The number of aromatic amines is 1. The highest BCUT2D eigenvalue weighted by molar-refractivity contribution is 5.76. The van der Waals surface area contributed by atoms with Gasteiger partial charge in [-0.15, -0.1) is 0 Å². The third kappa shape index (κ3) is 4.03. The van der Waals surface area contributed by atoms with E-state index in [0.717, 1.165) is 30.2 Å². The zero-order valence-electron chi connectivity index (χ0n) is 15.8. The Kier molecular flexibility index (Phi) is 5.31. The number of amides is 1. The van der Waals surface area contributed by atoms with E-state index in [9.17, 15) is 4.79 Å². The van der Waals surface area contributed by atoms with E-state index in [2.05, 4.69) is 30.2 Å². The summed E-state index contributed by atoms with van der Waals surface area (Å²) in [5.41, 5.74) is 2.08. The maximum absolute atomic E-state index is 12.5. The predicted molar refractivity (Wildman–Crippen MR) is 103 cm³/mol. The molecule has 1 saturated heterocycles. The minimum Gasteiger partial charge on any atom is -0.339 e. The molecule has 1 aromatic carbocycles. The Labute approximate surface area is 162 Å². The number of piperazine rings is 1. The second-order valence-corrected chi connectivity index (χ2v) is 6.86. The van der Waals surface area contributed by atoms with Crippen molar-refractivity contribution in [2.75, 3.05) is 31.1 Å². The van der Waals surface area contributed by atoms with Crippen molar-refractivity contribution in [2.24, 2.45) is 0 Å². The van der Waals surface area contributed by atoms with Crippen molar-refractivity contribution < 1.29 is 9.32 Å². The molecule has 0 radical (unpaired) electrons. The molecule has 2 aromatic heterocycles. The fraction of sp³-hybridized carbons (Fsp3) is 0.421. The Bertz CT molecular complexity index is 914. The van der Waals surface area contributed by atoms with E-state index in [-0.39, 0.29) is 5.91 Å². The number of hydrogen-bond donors (Lipinski definition) is 1. The van der Waals surface area contributed by atoms with Crippen molar-refractivity contribution in [1.82, 2.24) is 30.2 Å². The van der Waals surface area contributed by atoms with E-state index in [4.69, 9.17) is 4.52 Å². The van der Waals surface area contributed by atoms with Gasteiger partial charge >= 0.3 is 0 Å². The lowest BCUT2D eigenvalue weighted by molar-refractivity contribution is -0.131. The first-order valence-electron chi connectivity index (χ1n) is 9.47. The number of benzene rings is 1. The largest absolute Gasteiger partial charge is 0.339 e. The highest BCUT2D eigenvalue weighted by atomic mass is 16.5. The van der Waals surface area contributed by atoms with Gasteiger partial charge in [-0.1, -0.05) is 29.4 Å². The zero-order valence-corrected chi connectivity index (χ0v) is 15.8. The number of aryl methyl sites for hydroxylation is 2. The molecule has 1 N–H and O–H groups in total. The van der Waals surface area contributed by atoms with E-state index < -0.39 is 0 Å². The molecule has 1 aliphatic heterocycles. The normalized spacial score (nSPS) is 14.5. The molecule has 146 valence electrons. The third-order valence-corrected chi connectivity index (χ3v) is 4.97. The van der Waals surface area contributed by atoms with Crippen LogP contribution in [0.4, 0.5) is 5.95 Å². The average molecular weight is 381 g/mol. The minimum atomic E-state index is 0.163. The Morgan fingerprint density at radius 3 is 2.79 bits per heavy atom. The Balaban J connectivity index is 1.23. The Morgan fingerprint density at radius 2 is 2.04 bits per heavy atom. The van der Waals surface area contributed by atoms with Crippen LogP contribution in [0.25, 0.3) is 11.4 Å². The number of hydrogen-bond acceptors (Lipinski definition) is 7. The van der Waals surface area contributed by atoms with Gasteiger partial charge in [0.25, 0.3) is 0 Å². The fourth-order valence-electron chi connectivity index (χ4n) is 3.36. The number of carbonyl (C=O) groups is 1. The van der Waals surface area contributed by atoms with Gasteiger partial charge in [-0.25, -0.2) is 5.10 Å². The van der Waals surface area contributed by atoms with Crippen LogP contribution in [0.1, 0.15) is 24.3 Å². The smallest absolute Gasteiger partial charge is 0.226 e. The molecule has 0 unspecified atom stereocenters. The first kappa shape index (κ1) is 18.1. The average Bonchev–Trinajstić information content (AvgIpc) is 3.41. The molecule has 0 spiro atoms. The predicted octanol–water partition coefficient (Wildman–Crippen LogP) is 1.83. The molecule has 9 heteroatoms. The number of anilines is 1. The molecule has 0 saturated carbocycles. The summed E-state index contributed by atoms with van der Waals surface area (Å²) in [6.45, 7) is 4.91. The molecule has 0 atom stereocenters. The molecule has 1 fully saturated rings. The lowest BCUT2D eigenvalue weighted by atomic mass is 10.1. The van der Waals surface area contributed by atoms with Gasteiger partial charge in [-0.2, -0.15) is 15.1 Å². The quantitative estimate of drug-likeness (QED) is 0.695. The van der Waals surface area contributed by atoms with E-state index in [0.29, 0.717) is 44.1 Å². The number of nitrogens with one attached hydrogen (secondary N) is 1. The standard InChI is InChI=1S/C19H23N7O2/c1-14-5-2-3-6-15(14)18-22-16(28-24-18)7-4-8-17(27)25-9-11-26(12-10-25)19-20-13-21-23-19/h2-3,5-6,13H,4,7-12H2,1H3,(H,20,21,23). The highest BCUT2D eigenvalue weighted by Gasteiger charge is 2.22. The van der Waals surface area contributed by atoms with Crippen molar-refractivity contribution in [2.45, 2.75) is 26.2 Å². The summed E-state index contributed by atoms with van der Waals surface area (Å²) in [5, 5.41) is 10.8. The van der Waals surface area contributed by atoms with Crippen molar-refractivity contribution in [3.05, 3.63) is 42.0 Å². The molecule has 3 aromatic rings. The molecule has 1 amide bonds. The summed E-state index contributed by atoms with van der Waals surface area (Å²) in [5.74, 6) is 2.09. The number of rotatable bonds is 6. The van der Waals surface area contributed by atoms with Gasteiger partial charge in [0, 0.05) is 44.6 Å². The molecule has 0 aliphatic carbocycles. The Morgan fingerprint density at radius 1 is 1.21 bits per heavy atom. The summed E-state index contributed by atoms with van der Waals surface area (Å²) in [6, 6.07) is 7.94. The van der Waals surface area contributed by atoms with Gasteiger partial charge in [0.05, 0.1) is 0 Å². The summed E-state index contributed by atoms with van der Waals surface area (Å²) in [7, 11) is 0. The fourth-order valence-corrected chi connectivity index (χ4v) is 3.36. The molecular weight excluding hydrogens is 358 g/mol. The molecule has 3 heterocycles. The second kappa shape index (κ2) is 8.20. The lowest BCUT2D eigenvalue weighted by Crippen LogP contribution is -2.49. The number of carbonyl (C=O) groups excluding carboxylic acids is 1. The van der Waals surface area contributed by atoms with Crippen LogP contribution < -0.4 is 4.90 Å². The van der Waals surface area contributed by atoms with E-state index >= 15 is 0 Å². The topological polar surface area (TPSA) is 104 Å². The maximum atomic E-state index is 12.5. The van der Waals surface area contributed by atoms with Crippen LogP contribution >= 0.6 is 0 Å². The van der Waals surface area contributed by atoms with Crippen LogP contribution in [0.5, 0.6) is 0 Å². The summed E-state index contributed by atoms with van der Waals surface area (Å²) >= 11 is 0. The van der Waals surface area contributed by atoms with Crippen molar-refractivity contribution in [1.29, 1.82) is 0 Å². The van der Waals surface area contributed by atoms with Crippen LogP contribution in [-0.4, -0.2) is 62.3 Å². The maximum Gasteiger partial charge on any atom is 0.226 e. The van der Waals surface area contributed by atoms with Crippen LogP contribution in [0.3, 0.4) is 0 Å². The molecule has 4 rings (SSSR count). The summed E-state index contributed by atoms with van der Waals surface area (Å²) in [6.07, 6.45) is 3.26. The lowest BCUT2D eigenvalue weighted by Gasteiger charge is -2.34. The van der Waals surface area contributed by atoms with Gasteiger partial charge in [-0.05, 0) is 18.9 Å². The number of H-pyrrole nitrogens is 1. The summed E-state index contributed by atoms with van der Waals surface area (Å²) < 4.78 is 5.35. The van der Waals surface area contributed by atoms with Gasteiger partial charge in [-0.3, -0.25) is 4.79 Å². The van der Waals surface area contributed by atoms with Gasteiger partial charge < -0.3 is 14.3 Å². The number of nitrogens with zero attached hydrogens (tertiary/aromatic N) is 6. The first-order chi connectivity index (χ1) is 13.7. The zero-order chi connectivity index (χ0) is 19.3. The van der Waals surface area contributed by atoms with Crippen molar-refractivity contribution >= 4 is 11.9 Å². The van der Waals surface area contributed by atoms with Crippen LogP contribution in [-0.2, 0) is 11.2 Å². The van der Waals surface area contributed by atoms with Crippen LogP contribution in [0.2, 0.25) is 0 Å². The Hall–Kier alpha value is -3.23. The van der Waals surface area contributed by atoms with Crippen molar-refractivity contribution in [3.63, 3.8) is 0 Å². The number of aromatic nitrogens is 5. The SMILES string of the molecule is Cc1ccccc1-c1noc(CCCC(=O)N2CCN(c3ncn[nH]3)CC2)n1.